The Morgan fingerprint density at radius 1 is 1.23 bits per heavy atom. The fourth-order valence-electron chi connectivity index (χ4n) is 4.08. The molecule has 1 N–H and O–H groups in total. The fraction of sp³-hybridized carbons (Fsp3) is 0.261. The van der Waals surface area contributed by atoms with Gasteiger partial charge < -0.3 is 5.32 Å². The molecule has 0 spiro atoms. The lowest BCUT2D eigenvalue weighted by atomic mass is 9.92. The van der Waals surface area contributed by atoms with Gasteiger partial charge in [-0.05, 0) is 43.5 Å². The molecule has 31 heavy (non-hydrogen) atoms. The van der Waals surface area contributed by atoms with Crippen molar-refractivity contribution in [2.24, 2.45) is 0 Å². The van der Waals surface area contributed by atoms with E-state index < -0.39 is 11.6 Å². The molecule has 5 nitrogen and oxygen atoms in total. The molecular formula is C23H20F2N4OS. The van der Waals surface area contributed by atoms with Crippen molar-refractivity contribution < 1.29 is 13.6 Å². The van der Waals surface area contributed by atoms with Crippen molar-refractivity contribution in [3.8, 4) is 5.69 Å². The van der Waals surface area contributed by atoms with E-state index in [4.69, 9.17) is 0 Å². The highest BCUT2D eigenvalue weighted by molar-refractivity contribution is 7.18. The lowest BCUT2D eigenvalue weighted by Gasteiger charge is -2.24. The summed E-state index contributed by atoms with van der Waals surface area (Å²) in [5.74, 6) is -1.33. The van der Waals surface area contributed by atoms with Gasteiger partial charge in [0.15, 0.2) is 5.82 Å². The molecule has 0 aliphatic heterocycles. The van der Waals surface area contributed by atoms with Crippen LogP contribution in [-0.4, -0.2) is 20.7 Å². The van der Waals surface area contributed by atoms with Gasteiger partial charge in [-0.2, -0.15) is 5.10 Å². The molecule has 1 amide bonds. The minimum atomic E-state index is -0.659. The number of halogens is 2. The molecule has 8 heteroatoms. The minimum absolute atomic E-state index is 0.0437. The number of amides is 1. The van der Waals surface area contributed by atoms with Gasteiger partial charge in [0.05, 0.1) is 27.5 Å². The van der Waals surface area contributed by atoms with Crippen LogP contribution in [0.25, 0.3) is 15.9 Å². The van der Waals surface area contributed by atoms with Gasteiger partial charge in [-0.3, -0.25) is 4.79 Å². The second-order valence-corrected chi connectivity index (χ2v) is 8.76. The monoisotopic (exact) mass is 438 g/mol. The molecule has 0 fully saturated rings. The Kier molecular flexibility index (Phi) is 5.23. The third-order valence-electron chi connectivity index (χ3n) is 5.56. The first kappa shape index (κ1) is 19.8. The predicted molar refractivity (Wildman–Crippen MR) is 115 cm³/mol. The van der Waals surface area contributed by atoms with Crippen LogP contribution in [0.4, 0.5) is 8.78 Å². The van der Waals surface area contributed by atoms with Crippen molar-refractivity contribution in [2.75, 3.05) is 0 Å². The summed E-state index contributed by atoms with van der Waals surface area (Å²) in [7, 11) is 0. The second-order valence-electron chi connectivity index (χ2n) is 7.64. The number of hydrogen-bond donors (Lipinski definition) is 1. The van der Waals surface area contributed by atoms with E-state index in [1.54, 1.807) is 17.5 Å². The Morgan fingerprint density at radius 2 is 2.10 bits per heavy atom. The van der Waals surface area contributed by atoms with Crippen LogP contribution in [0.5, 0.6) is 0 Å². The van der Waals surface area contributed by atoms with E-state index in [-0.39, 0.29) is 17.6 Å². The number of para-hydroxylation sites is 1. The molecule has 0 bridgehead atoms. The summed E-state index contributed by atoms with van der Waals surface area (Å²) in [6, 6.07) is 11.2. The quantitative estimate of drug-likeness (QED) is 0.483. The van der Waals surface area contributed by atoms with Crippen LogP contribution < -0.4 is 5.32 Å². The van der Waals surface area contributed by atoms with Crippen molar-refractivity contribution in [1.29, 1.82) is 0 Å². The molecule has 0 saturated carbocycles. The lowest BCUT2D eigenvalue weighted by Crippen LogP contribution is -2.31. The van der Waals surface area contributed by atoms with Gasteiger partial charge in [0.25, 0.3) is 0 Å². The Labute approximate surface area is 181 Å². The number of hydrogen-bond acceptors (Lipinski definition) is 4. The third kappa shape index (κ3) is 3.95. The zero-order valence-electron chi connectivity index (χ0n) is 16.6. The molecule has 2 aromatic carbocycles. The van der Waals surface area contributed by atoms with Crippen LogP contribution in [0.2, 0.25) is 0 Å². The number of thiazole rings is 1. The number of carbonyl (C=O) groups is 1. The van der Waals surface area contributed by atoms with Gasteiger partial charge in [0, 0.05) is 30.2 Å². The van der Waals surface area contributed by atoms with E-state index in [1.165, 1.54) is 16.8 Å². The number of aromatic nitrogens is 3. The minimum Gasteiger partial charge on any atom is -0.349 e. The SMILES string of the molecule is O=C(CCc1nc2ccccc2s1)N[C@@H]1CCCc2c1cnn2-c1ccc(F)cc1F. The van der Waals surface area contributed by atoms with Gasteiger partial charge in [-0.15, -0.1) is 11.3 Å². The zero-order valence-corrected chi connectivity index (χ0v) is 17.5. The molecule has 0 saturated heterocycles. The van der Waals surface area contributed by atoms with Gasteiger partial charge in [0.2, 0.25) is 5.91 Å². The second kappa shape index (κ2) is 8.19. The average molecular weight is 439 g/mol. The smallest absolute Gasteiger partial charge is 0.220 e. The predicted octanol–water partition coefficient (Wildman–Crippen LogP) is 4.89. The Balaban J connectivity index is 1.29. The third-order valence-corrected chi connectivity index (χ3v) is 6.66. The van der Waals surface area contributed by atoms with Crippen molar-refractivity contribution in [2.45, 2.75) is 38.1 Å². The Morgan fingerprint density at radius 3 is 2.94 bits per heavy atom. The maximum atomic E-state index is 14.3. The van der Waals surface area contributed by atoms with Crippen molar-refractivity contribution in [1.82, 2.24) is 20.1 Å². The van der Waals surface area contributed by atoms with E-state index in [2.05, 4.69) is 15.4 Å². The molecule has 5 rings (SSSR count). The van der Waals surface area contributed by atoms with Crippen LogP contribution in [0.1, 0.15) is 41.6 Å². The summed E-state index contributed by atoms with van der Waals surface area (Å²) >= 11 is 1.61. The highest BCUT2D eigenvalue weighted by Gasteiger charge is 2.26. The molecule has 2 heterocycles. The van der Waals surface area contributed by atoms with Crippen LogP contribution in [0, 0.1) is 11.6 Å². The highest BCUT2D eigenvalue weighted by Crippen LogP contribution is 2.32. The summed E-state index contributed by atoms with van der Waals surface area (Å²) in [6.07, 6.45) is 5.00. The van der Waals surface area contributed by atoms with Crippen LogP contribution >= 0.6 is 11.3 Å². The summed E-state index contributed by atoms with van der Waals surface area (Å²) in [6.45, 7) is 0. The van der Waals surface area contributed by atoms with E-state index in [0.717, 1.165) is 51.8 Å². The maximum Gasteiger partial charge on any atom is 0.220 e. The van der Waals surface area contributed by atoms with Gasteiger partial charge >= 0.3 is 0 Å². The maximum absolute atomic E-state index is 14.3. The number of benzene rings is 2. The molecule has 4 aromatic rings. The van der Waals surface area contributed by atoms with E-state index in [1.807, 2.05) is 24.3 Å². The summed E-state index contributed by atoms with van der Waals surface area (Å²) in [5, 5.41) is 8.37. The first-order chi connectivity index (χ1) is 15.1. The number of carbonyl (C=O) groups excluding carboxylic acids is 1. The molecule has 158 valence electrons. The number of nitrogens with one attached hydrogen (secondary N) is 1. The van der Waals surface area contributed by atoms with Crippen LogP contribution in [0.3, 0.4) is 0 Å². The molecule has 1 atom stereocenters. The van der Waals surface area contributed by atoms with E-state index in [9.17, 15) is 13.6 Å². The standard InChI is InChI=1S/C23H20F2N4OS/c24-14-8-9-20(16(25)12-14)29-19-6-3-5-17(15(19)13-26-29)27-22(30)10-11-23-28-18-4-1-2-7-21(18)31-23/h1-2,4,7-9,12-13,17H,3,5-6,10-11H2,(H,27,30)/t17-/m1/s1. The molecular weight excluding hydrogens is 418 g/mol. The number of rotatable bonds is 5. The average Bonchev–Trinajstić information content (AvgIpc) is 3.37. The first-order valence-electron chi connectivity index (χ1n) is 10.2. The molecule has 0 radical (unpaired) electrons. The van der Waals surface area contributed by atoms with Crippen LogP contribution in [-0.2, 0) is 17.6 Å². The Hall–Kier alpha value is -3.13. The van der Waals surface area contributed by atoms with Gasteiger partial charge in [0.1, 0.15) is 11.5 Å². The molecule has 0 unspecified atom stereocenters. The van der Waals surface area contributed by atoms with Crippen LogP contribution in [0.15, 0.2) is 48.7 Å². The first-order valence-corrected chi connectivity index (χ1v) is 11.1. The molecule has 1 aliphatic carbocycles. The number of fused-ring (bicyclic) bond motifs is 2. The summed E-state index contributed by atoms with van der Waals surface area (Å²) in [5.41, 5.74) is 2.92. The molecule has 2 aromatic heterocycles. The topological polar surface area (TPSA) is 59.8 Å². The van der Waals surface area contributed by atoms with Crippen molar-refractivity contribution in [3.63, 3.8) is 0 Å². The normalized spacial score (nSPS) is 15.7. The fourth-order valence-corrected chi connectivity index (χ4v) is 5.05. The summed E-state index contributed by atoms with van der Waals surface area (Å²) in [4.78, 5) is 17.2. The molecule has 1 aliphatic rings. The van der Waals surface area contributed by atoms with Gasteiger partial charge in [-0.1, -0.05) is 12.1 Å². The number of aryl methyl sites for hydroxylation is 1. The van der Waals surface area contributed by atoms with Gasteiger partial charge in [-0.25, -0.2) is 18.4 Å². The highest BCUT2D eigenvalue weighted by atomic mass is 32.1. The van der Waals surface area contributed by atoms with E-state index >= 15 is 0 Å². The largest absolute Gasteiger partial charge is 0.349 e. The number of nitrogens with zero attached hydrogens (tertiary/aromatic N) is 3. The Bertz CT molecular complexity index is 1230. The summed E-state index contributed by atoms with van der Waals surface area (Å²) < 4.78 is 30.2. The van der Waals surface area contributed by atoms with Crippen molar-refractivity contribution in [3.05, 3.63) is 76.6 Å². The zero-order chi connectivity index (χ0) is 21.4. The van der Waals surface area contributed by atoms with Crippen molar-refractivity contribution >= 4 is 27.5 Å². The lowest BCUT2D eigenvalue weighted by molar-refractivity contribution is -0.121. The van der Waals surface area contributed by atoms with E-state index in [0.29, 0.717) is 12.8 Å².